The van der Waals surface area contributed by atoms with Gasteiger partial charge in [-0.15, -0.1) is 0 Å². The first-order valence-corrected chi connectivity index (χ1v) is 8.96. The summed E-state index contributed by atoms with van der Waals surface area (Å²) in [5.74, 6) is 0.424. The van der Waals surface area contributed by atoms with Crippen LogP contribution >= 0.6 is 44.1 Å². The third-order valence-corrected chi connectivity index (χ3v) is 5.08. The van der Waals surface area contributed by atoms with Crippen LogP contribution in [0.15, 0.2) is 44.3 Å². The molecule has 0 bridgehead atoms. The Balaban J connectivity index is 2.29. The van der Waals surface area contributed by atoms with Gasteiger partial charge in [-0.25, -0.2) is 0 Å². The molecule has 2 rings (SSSR count). The van der Waals surface area contributed by atoms with Crippen LogP contribution in [0, 0.1) is 0 Å². The zero-order valence-electron chi connectivity index (χ0n) is 12.7. The van der Waals surface area contributed by atoms with Crippen LogP contribution in [0.1, 0.15) is 12.5 Å². The van der Waals surface area contributed by atoms with E-state index in [-0.39, 0.29) is 10.9 Å². The molecular formula is C16H15Br2N3O2S. The summed E-state index contributed by atoms with van der Waals surface area (Å²) in [5, 5.41) is 13.4. The summed E-state index contributed by atoms with van der Waals surface area (Å²) in [4.78, 5) is 4.38. The molecule has 0 aliphatic heterocycles. The molecule has 24 heavy (non-hydrogen) atoms. The molecule has 5 nitrogen and oxygen atoms in total. The van der Waals surface area contributed by atoms with Crippen LogP contribution in [-0.4, -0.2) is 23.0 Å². The average molecular weight is 473 g/mol. The van der Waals surface area contributed by atoms with E-state index in [9.17, 15) is 5.11 Å². The van der Waals surface area contributed by atoms with Crippen molar-refractivity contribution in [1.29, 1.82) is 0 Å². The van der Waals surface area contributed by atoms with E-state index in [1.165, 1.54) is 0 Å². The quantitative estimate of drug-likeness (QED) is 0.433. The zero-order valence-corrected chi connectivity index (χ0v) is 16.7. The number of nitrogens with one attached hydrogen (secondary N) is 1. The molecular weight excluding hydrogens is 458 g/mol. The molecule has 0 heterocycles. The van der Waals surface area contributed by atoms with Crippen LogP contribution in [0.5, 0.6) is 11.5 Å². The van der Waals surface area contributed by atoms with Crippen molar-refractivity contribution in [3.05, 3.63) is 44.8 Å². The monoisotopic (exact) mass is 471 g/mol. The highest BCUT2D eigenvalue weighted by Crippen LogP contribution is 2.39. The van der Waals surface area contributed by atoms with Crippen LogP contribution in [0.3, 0.4) is 0 Å². The number of phenols is 1. The summed E-state index contributed by atoms with van der Waals surface area (Å²) < 4.78 is 6.88. The van der Waals surface area contributed by atoms with Crippen LogP contribution in [0.25, 0.3) is 0 Å². The highest BCUT2D eigenvalue weighted by Gasteiger charge is 2.14. The maximum absolute atomic E-state index is 10.3. The average Bonchev–Trinajstić information content (AvgIpc) is 2.54. The Labute approximate surface area is 162 Å². The molecule has 2 aromatic rings. The van der Waals surface area contributed by atoms with Crippen molar-refractivity contribution in [2.75, 3.05) is 11.9 Å². The van der Waals surface area contributed by atoms with Gasteiger partial charge in [0.15, 0.2) is 16.6 Å². The van der Waals surface area contributed by atoms with E-state index in [2.05, 4.69) is 42.2 Å². The number of aliphatic imine (C=N–C) groups is 1. The van der Waals surface area contributed by atoms with Gasteiger partial charge in [0.1, 0.15) is 0 Å². The molecule has 0 saturated carbocycles. The number of hydrogen-bond acceptors (Lipinski definition) is 4. The maximum Gasteiger partial charge on any atom is 0.168 e. The lowest BCUT2D eigenvalue weighted by Gasteiger charge is -2.11. The van der Waals surface area contributed by atoms with E-state index >= 15 is 0 Å². The van der Waals surface area contributed by atoms with Crippen molar-refractivity contribution in [3.8, 4) is 11.5 Å². The van der Waals surface area contributed by atoms with E-state index in [1.807, 2.05) is 31.2 Å². The molecule has 0 unspecified atom stereocenters. The number of nitrogens with two attached hydrogens (primary N) is 1. The summed E-state index contributed by atoms with van der Waals surface area (Å²) in [5.41, 5.74) is 7.45. The third kappa shape index (κ3) is 4.68. The van der Waals surface area contributed by atoms with E-state index in [4.69, 9.17) is 22.7 Å². The summed E-state index contributed by atoms with van der Waals surface area (Å²) in [6, 6.07) is 8.95. The topological polar surface area (TPSA) is 79.9 Å². The van der Waals surface area contributed by atoms with Gasteiger partial charge >= 0.3 is 0 Å². The Bertz CT molecular complexity index is 780. The second-order valence-corrected chi connectivity index (χ2v) is 6.75. The Hall–Kier alpha value is -1.64. The van der Waals surface area contributed by atoms with Crippen molar-refractivity contribution < 1.29 is 9.84 Å². The second-order valence-electron chi connectivity index (χ2n) is 4.66. The van der Waals surface area contributed by atoms with Crippen LogP contribution < -0.4 is 15.8 Å². The molecule has 0 aliphatic carbocycles. The summed E-state index contributed by atoms with van der Waals surface area (Å²) >= 11 is 11.7. The Kier molecular flexibility index (Phi) is 6.59. The normalized spacial score (nSPS) is 10.8. The van der Waals surface area contributed by atoms with Gasteiger partial charge in [0.2, 0.25) is 0 Å². The highest BCUT2D eigenvalue weighted by molar-refractivity contribution is 9.13. The van der Waals surface area contributed by atoms with Crippen molar-refractivity contribution in [2.45, 2.75) is 6.92 Å². The smallest absolute Gasteiger partial charge is 0.168 e. The minimum Gasteiger partial charge on any atom is -0.504 e. The predicted molar refractivity (Wildman–Crippen MR) is 109 cm³/mol. The molecule has 4 N–H and O–H groups in total. The van der Waals surface area contributed by atoms with Crippen LogP contribution in [0.2, 0.25) is 0 Å². The first-order chi connectivity index (χ1) is 11.4. The number of hydrogen-bond donors (Lipinski definition) is 3. The van der Waals surface area contributed by atoms with E-state index in [1.54, 1.807) is 12.3 Å². The number of aromatic hydroxyl groups is 1. The van der Waals surface area contributed by atoms with Gasteiger partial charge in [-0.3, -0.25) is 4.99 Å². The third-order valence-electron chi connectivity index (χ3n) is 2.97. The lowest BCUT2D eigenvalue weighted by molar-refractivity contribution is 0.317. The fourth-order valence-corrected chi connectivity index (χ4v) is 2.85. The predicted octanol–water partition coefficient (Wildman–Crippen LogP) is 4.72. The molecule has 0 fully saturated rings. The van der Waals surface area contributed by atoms with Crippen LogP contribution in [0.4, 0.5) is 11.4 Å². The van der Waals surface area contributed by atoms with Crippen molar-refractivity contribution in [3.63, 3.8) is 0 Å². The standard InChI is InChI=1S/C16H15Br2N3O2S/c1-2-23-13-7-12(17)14(18)11(15(13)22)8-20-9-3-5-10(6-4-9)21-16(19)24/h3-8,22H,2H2,1H3,(H3,19,21,24). The lowest BCUT2D eigenvalue weighted by Crippen LogP contribution is -2.18. The molecule has 0 spiro atoms. The number of benzene rings is 2. The molecule has 0 atom stereocenters. The summed E-state index contributed by atoms with van der Waals surface area (Å²) in [6.45, 7) is 2.31. The lowest BCUT2D eigenvalue weighted by atomic mass is 10.2. The second kappa shape index (κ2) is 8.46. The number of thiocarbonyl (C=S) groups is 1. The molecule has 0 aliphatic rings. The van der Waals surface area contributed by atoms with Crippen molar-refractivity contribution in [1.82, 2.24) is 0 Å². The molecule has 0 radical (unpaired) electrons. The SMILES string of the molecule is CCOc1cc(Br)c(Br)c(C=Nc2ccc(NC(N)=S)cc2)c1O. The van der Waals surface area contributed by atoms with E-state index in [0.717, 1.165) is 10.2 Å². The fourth-order valence-electron chi connectivity index (χ4n) is 1.91. The van der Waals surface area contributed by atoms with Crippen molar-refractivity contribution in [2.24, 2.45) is 10.7 Å². The first kappa shape index (κ1) is 18.7. The van der Waals surface area contributed by atoms with Gasteiger partial charge in [-0.1, -0.05) is 0 Å². The van der Waals surface area contributed by atoms with Gasteiger partial charge < -0.3 is 20.9 Å². The largest absolute Gasteiger partial charge is 0.504 e. The molecule has 0 amide bonds. The first-order valence-electron chi connectivity index (χ1n) is 6.96. The maximum atomic E-state index is 10.3. The number of halogens is 2. The van der Waals surface area contributed by atoms with Gasteiger partial charge in [0.05, 0.1) is 17.9 Å². The Morgan fingerprint density at radius 1 is 1.38 bits per heavy atom. The molecule has 0 saturated heterocycles. The minimum absolute atomic E-state index is 0.0300. The fraction of sp³-hybridized carbons (Fsp3) is 0.125. The number of anilines is 1. The van der Waals surface area contributed by atoms with Crippen LogP contribution in [-0.2, 0) is 0 Å². The van der Waals surface area contributed by atoms with Gasteiger partial charge in [0, 0.05) is 20.8 Å². The van der Waals surface area contributed by atoms with Gasteiger partial charge in [0.25, 0.3) is 0 Å². The highest BCUT2D eigenvalue weighted by atomic mass is 79.9. The van der Waals surface area contributed by atoms with Crippen molar-refractivity contribution >= 4 is 66.8 Å². The number of rotatable bonds is 5. The van der Waals surface area contributed by atoms with E-state index in [0.29, 0.717) is 28.1 Å². The molecule has 126 valence electrons. The minimum atomic E-state index is 0.0300. The summed E-state index contributed by atoms with van der Waals surface area (Å²) in [6.07, 6.45) is 1.57. The Morgan fingerprint density at radius 2 is 2.04 bits per heavy atom. The zero-order chi connectivity index (χ0) is 17.7. The number of phenolic OH excluding ortho intramolecular Hbond substituents is 1. The summed E-state index contributed by atoms with van der Waals surface area (Å²) in [7, 11) is 0. The number of ether oxygens (including phenoxy) is 1. The molecule has 0 aromatic heterocycles. The van der Waals surface area contributed by atoms with Gasteiger partial charge in [-0.2, -0.15) is 0 Å². The molecule has 2 aromatic carbocycles. The number of nitrogens with zero attached hydrogens (tertiary/aromatic N) is 1. The molecule has 8 heteroatoms. The van der Waals surface area contributed by atoms with E-state index < -0.39 is 0 Å². The Morgan fingerprint density at radius 3 is 2.62 bits per heavy atom. The van der Waals surface area contributed by atoms with Gasteiger partial charge in [-0.05, 0) is 81.3 Å².